The van der Waals surface area contributed by atoms with Crippen molar-refractivity contribution < 1.29 is 9.53 Å². The van der Waals surface area contributed by atoms with Gasteiger partial charge in [0.1, 0.15) is 5.75 Å². The minimum atomic E-state index is -0.810. The molecule has 0 atom stereocenters. The highest BCUT2D eigenvalue weighted by Crippen LogP contribution is 2.19. The highest BCUT2D eigenvalue weighted by atomic mass is 127. The lowest BCUT2D eigenvalue weighted by Gasteiger charge is -2.01. The molecule has 0 aliphatic rings. The Hall–Kier alpha value is -0.290. The Kier molecular flexibility index (Phi) is 3.34. The molecule has 4 heteroatoms. The molecule has 0 saturated carbocycles. The predicted molar refractivity (Wildman–Crippen MR) is 55.8 cm³/mol. The summed E-state index contributed by atoms with van der Waals surface area (Å²) < 4.78 is 5.80. The molecular formula is C8H6ClIO2. The molecule has 0 radical (unpaired) electrons. The van der Waals surface area contributed by atoms with Crippen LogP contribution in [-0.2, 0) is 0 Å². The maximum Gasteiger partial charge on any atom is 0.409 e. The molecule has 0 amide bonds. The van der Waals surface area contributed by atoms with Crippen molar-refractivity contribution in [3.8, 4) is 5.75 Å². The first kappa shape index (κ1) is 9.80. The van der Waals surface area contributed by atoms with Crippen LogP contribution in [0, 0.1) is 10.5 Å². The van der Waals surface area contributed by atoms with Crippen LogP contribution in [0.25, 0.3) is 0 Å². The van der Waals surface area contributed by atoms with Gasteiger partial charge in [0, 0.05) is 15.2 Å². The number of carbonyl (C=O) groups is 1. The fraction of sp³-hybridized carbons (Fsp3) is 0.125. The number of hydrogen-bond donors (Lipinski definition) is 0. The summed E-state index contributed by atoms with van der Waals surface area (Å²) in [5, 5.41) is 0. The number of benzene rings is 1. The van der Waals surface area contributed by atoms with Gasteiger partial charge < -0.3 is 4.74 Å². The zero-order chi connectivity index (χ0) is 9.14. The van der Waals surface area contributed by atoms with Gasteiger partial charge in [-0.25, -0.2) is 4.79 Å². The second-order valence-corrected chi connectivity index (χ2v) is 3.72. The molecule has 0 N–H and O–H groups in total. The number of halogens is 2. The fourth-order valence-corrected chi connectivity index (χ4v) is 1.20. The van der Waals surface area contributed by atoms with E-state index in [0.29, 0.717) is 5.75 Å². The van der Waals surface area contributed by atoms with Crippen molar-refractivity contribution in [2.45, 2.75) is 6.92 Å². The van der Waals surface area contributed by atoms with E-state index in [1.165, 1.54) is 0 Å². The summed E-state index contributed by atoms with van der Waals surface area (Å²) in [5.74, 6) is 0.480. The molecule has 0 aliphatic carbocycles. The van der Waals surface area contributed by atoms with E-state index in [4.69, 9.17) is 11.6 Å². The van der Waals surface area contributed by atoms with Gasteiger partial charge in [0.05, 0.1) is 0 Å². The van der Waals surface area contributed by atoms with Crippen molar-refractivity contribution in [2.24, 2.45) is 0 Å². The Labute approximate surface area is 89.0 Å². The number of carbonyl (C=O) groups excluding carboxylic acids is 1. The molecule has 2 nitrogen and oxygen atoms in total. The van der Waals surface area contributed by atoms with Crippen LogP contribution >= 0.6 is 34.2 Å². The quantitative estimate of drug-likeness (QED) is 0.587. The molecule has 0 aliphatic heterocycles. The van der Waals surface area contributed by atoms with E-state index in [1.54, 1.807) is 12.1 Å². The van der Waals surface area contributed by atoms with Crippen LogP contribution in [0.15, 0.2) is 18.2 Å². The molecule has 0 bridgehead atoms. The van der Waals surface area contributed by atoms with E-state index in [9.17, 15) is 4.79 Å². The third kappa shape index (κ3) is 2.64. The lowest BCUT2D eigenvalue weighted by molar-refractivity contribution is 0.225. The summed E-state index contributed by atoms with van der Waals surface area (Å²) in [7, 11) is 0. The van der Waals surface area contributed by atoms with Gasteiger partial charge in [0.2, 0.25) is 0 Å². The van der Waals surface area contributed by atoms with Crippen LogP contribution in [-0.4, -0.2) is 5.43 Å². The monoisotopic (exact) mass is 296 g/mol. The van der Waals surface area contributed by atoms with Gasteiger partial charge in [-0.2, -0.15) is 0 Å². The van der Waals surface area contributed by atoms with Crippen molar-refractivity contribution in [2.75, 3.05) is 0 Å². The Morgan fingerprint density at radius 3 is 2.75 bits per heavy atom. The summed E-state index contributed by atoms with van der Waals surface area (Å²) in [6.07, 6.45) is 0. The van der Waals surface area contributed by atoms with Crippen molar-refractivity contribution in [3.05, 3.63) is 27.3 Å². The Balaban J connectivity index is 2.89. The maximum atomic E-state index is 10.4. The molecular weight excluding hydrogens is 290 g/mol. The standard InChI is InChI=1S/C8H6ClIO2/c1-5-4-6(12-8(9)11)2-3-7(5)10/h2-4H,1H3. The molecule has 0 aromatic heterocycles. The van der Waals surface area contributed by atoms with Crippen LogP contribution in [0.2, 0.25) is 0 Å². The van der Waals surface area contributed by atoms with Crippen molar-refractivity contribution in [1.29, 1.82) is 0 Å². The summed E-state index contributed by atoms with van der Waals surface area (Å²) in [6, 6.07) is 5.34. The topological polar surface area (TPSA) is 26.3 Å². The van der Waals surface area contributed by atoms with E-state index < -0.39 is 5.43 Å². The summed E-state index contributed by atoms with van der Waals surface area (Å²) in [5.41, 5.74) is 0.252. The van der Waals surface area contributed by atoms with E-state index in [2.05, 4.69) is 27.3 Å². The Morgan fingerprint density at radius 1 is 1.58 bits per heavy atom. The first-order valence-electron chi connectivity index (χ1n) is 3.23. The molecule has 64 valence electrons. The highest BCUT2D eigenvalue weighted by Gasteiger charge is 2.01. The number of hydrogen-bond acceptors (Lipinski definition) is 2. The average molecular weight is 296 g/mol. The minimum Gasteiger partial charge on any atom is -0.414 e. The van der Waals surface area contributed by atoms with Gasteiger partial charge in [-0.3, -0.25) is 0 Å². The smallest absolute Gasteiger partial charge is 0.409 e. The van der Waals surface area contributed by atoms with E-state index in [0.717, 1.165) is 9.13 Å². The molecule has 0 fully saturated rings. The van der Waals surface area contributed by atoms with Gasteiger partial charge in [0.25, 0.3) is 0 Å². The van der Waals surface area contributed by atoms with E-state index in [-0.39, 0.29) is 0 Å². The lowest BCUT2D eigenvalue weighted by Crippen LogP contribution is -1.96. The summed E-state index contributed by atoms with van der Waals surface area (Å²) >= 11 is 7.24. The van der Waals surface area contributed by atoms with Crippen LogP contribution in [0.5, 0.6) is 5.75 Å². The fourth-order valence-electron chi connectivity index (χ4n) is 0.773. The lowest BCUT2D eigenvalue weighted by atomic mass is 10.2. The van der Waals surface area contributed by atoms with Crippen LogP contribution in [0.1, 0.15) is 5.56 Å². The summed E-state index contributed by atoms with van der Waals surface area (Å²) in [6.45, 7) is 1.94. The van der Waals surface area contributed by atoms with Crippen molar-refractivity contribution in [1.82, 2.24) is 0 Å². The Bertz CT molecular complexity index is 312. The number of aryl methyl sites for hydroxylation is 1. The third-order valence-electron chi connectivity index (χ3n) is 1.33. The molecule has 0 saturated heterocycles. The van der Waals surface area contributed by atoms with E-state index >= 15 is 0 Å². The Morgan fingerprint density at radius 2 is 2.25 bits per heavy atom. The second kappa shape index (κ2) is 4.09. The molecule has 1 aromatic carbocycles. The zero-order valence-corrected chi connectivity index (χ0v) is 9.22. The molecule has 12 heavy (non-hydrogen) atoms. The van der Waals surface area contributed by atoms with Crippen LogP contribution in [0.4, 0.5) is 4.79 Å². The zero-order valence-electron chi connectivity index (χ0n) is 6.30. The SMILES string of the molecule is Cc1cc(OC(=O)Cl)ccc1I. The van der Waals surface area contributed by atoms with Gasteiger partial charge in [-0.1, -0.05) is 0 Å². The normalized spacial score (nSPS) is 9.58. The maximum absolute atomic E-state index is 10.4. The number of ether oxygens (including phenoxy) is 1. The van der Waals surface area contributed by atoms with Gasteiger partial charge in [-0.15, -0.1) is 0 Å². The minimum absolute atomic E-state index is 0.480. The predicted octanol–water partition coefficient (Wildman–Crippen LogP) is 3.34. The molecule has 0 unspecified atom stereocenters. The molecule has 0 spiro atoms. The highest BCUT2D eigenvalue weighted by molar-refractivity contribution is 14.1. The van der Waals surface area contributed by atoms with Crippen molar-refractivity contribution >= 4 is 39.6 Å². The van der Waals surface area contributed by atoms with Gasteiger partial charge in [-0.05, 0) is 53.3 Å². The van der Waals surface area contributed by atoms with Crippen LogP contribution in [0.3, 0.4) is 0 Å². The van der Waals surface area contributed by atoms with E-state index in [1.807, 2.05) is 13.0 Å². The largest absolute Gasteiger partial charge is 0.414 e. The molecule has 0 heterocycles. The average Bonchev–Trinajstić information content (AvgIpc) is 1.96. The summed E-state index contributed by atoms with van der Waals surface area (Å²) in [4.78, 5) is 10.4. The first-order chi connectivity index (χ1) is 5.59. The van der Waals surface area contributed by atoms with Crippen molar-refractivity contribution in [3.63, 3.8) is 0 Å². The van der Waals surface area contributed by atoms with Crippen LogP contribution < -0.4 is 4.74 Å². The number of rotatable bonds is 1. The second-order valence-electron chi connectivity index (χ2n) is 2.25. The molecule has 1 aromatic rings. The molecule has 1 rings (SSSR count). The van der Waals surface area contributed by atoms with Gasteiger partial charge in [0.15, 0.2) is 0 Å². The van der Waals surface area contributed by atoms with Gasteiger partial charge >= 0.3 is 5.43 Å². The first-order valence-corrected chi connectivity index (χ1v) is 4.69. The third-order valence-corrected chi connectivity index (χ3v) is 2.62.